The standard InChI is InChI=1S/C13H17N3O2/c1-8-12(15-13(14)16(8)2)9-5-6-10(17-3)11(7-9)18-4/h5-7H,1-4H3,(H2,14,15). The second-order valence-electron chi connectivity index (χ2n) is 4.03. The summed E-state index contributed by atoms with van der Waals surface area (Å²) in [5, 5.41) is 0. The van der Waals surface area contributed by atoms with Gasteiger partial charge >= 0.3 is 0 Å². The molecule has 5 heteroatoms. The number of ether oxygens (including phenoxy) is 2. The van der Waals surface area contributed by atoms with Crippen LogP contribution in [0.15, 0.2) is 18.2 Å². The summed E-state index contributed by atoms with van der Waals surface area (Å²) in [4.78, 5) is 4.36. The van der Waals surface area contributed by atoms with Crippen molar-refractivity contribution in [2.75, 3.05) is 20.0 Å². The minimum absolute atomic E-state index is 0.497. The molecule has 0 amide bonds. The fourth-order valence-electron chi connectivity index (χ4n) is 1.86. The average molecular weight is 247 g/mol. The fourth-order valence-corrected chi connectivity index (χ4v) is 1.86. The van der Waals surface area contributed by atoms with Crippen LogP contribution < -0.4 is 15.2 Å². The van der Waals surface area contributed by atoms with Crippen molar-refractivity contribution in [1.82, 2.24) is 9.55 Å². The van der Waals surface area contributed by atoms with Crippen molar-refractivity contribution in [1.29, 1.82) is 0 Å². The number of benzene rings is 1. The van der Waals surface area contributed by atoms with E-state index in [1.165, 1.54) is 0 Å². The molecule has 0 spiro atoms. The van der Waals surface area contributed by atoms with Crippen LogP contribution >= 0.6 is 0 Å². The third-order valence-electron chi connectivity index (χ3n) is 3.07. The van der Waals surface area contributed by atoms with Gasteiger partial charge in [0.1, 0.15) is 0 Å². The average Bonchev–Trinajstić information content (AvgIpc) is 2.65. The van der Waals surface area contributed by atoms with E-state index in [1.807, 2.05) is 36.7 Å². The first-order chi connectivity index (χ1) is 8.58. The van der Waals surface area contributed by atoms with Crippen LogP contribution in [0.1, 0.15) is 5.69 Å². The van der Waals surface area contributed by atoms with Crippen molar-refractivity contribution in [3.05, 3.63) is 23.9 Å². The molecule has 18 heavy (non-hydrogen) atoms. The van der Waals surface area contributed by atoms with Gasteiger partial charge in [-0.3, -0.25) is 0 Å². The molecule has 1 aromatic carbocycles. The zero-order valence-electron chi connectivity index (χ0n) is 11.0. The number of nitrogens with two attached hydrogens (primary N) is 1. The van der Waals surface area contributed by atoms with Gasteiger partial charge in [0, 0.05) is 18.3 Å². The molecule has 0 aliphatic carbocycles. The van der Waals surface area contributed by atoms with Gasteiger partial charge in [-0.15, -0.1) is 0 Å². The molecule has 0 radical (unpaired) electrons. The molecule has 0 bridgehead atoms. The molecule has 2 rings (SSSR count). The summed E-state index contributed by atoms with van der Waals surface area (Å²) in [6.45, 7) is 1.98. The van der Waals surface area contributed by atoms with Crippen LogP contribution in [0.4, 0.5) is 5.95 Å². The lowest BCUT2D eigenvalue weighted by atomic mass is 10.1. The molecule has 0 unspecified atom stereocenters. The van der Waals surface area contributed by atoms with E-state index in [9.17, 15) is 0 Å². The third kappa shape index (κ3) is 1.88. The molecule has 5 nitrogen and oxygen atoms in total. The normalized spacial score (nSPS) is 10.4. The lowest BCUT2D eigenvalue weighted by molar-refractivity contribution is 0.355. The van der Waals surface area contributed by atoms with Crippen molar-refractivity contribution in [3.8, 4) is 22.8 Å². The maximum Gasteiger partial charge on any atom is 0.200 e. The van der Waals surface area contributed by atoms with Gasteiger partial charge in [0.25, 0.3) is 0 Å². The summed E-state index contributed by atoms with van der Waals surface area (Å²) in [7, 11) is 5.12. The third-order valence-corrected chi connectivity index (χ3v) is 3.07. The van der Waals surface area contributed by atoms with Crippen LogP contribution in [0.2, 0.25) is 0 Å². The molecule has 0 aliphatic heterocycles. The lowest BCUT2D eigenvalue weighted by Crippen LogP contribution is -1.97. The number of rotatable bonds is 3. The summed E-state index contributed by atoms with van der Waals surface area (Å²) in [6, 6.07) is 5.70. The zero-order chi connectivity index (χ0) is 13.3. The van der Waals surface area contributed by atoms with Crippen molar-refractivity contribution in [3.63, 3.8) is 0 Å². The second-order valence-corrected chi connectivity index (χ2v) is 4.03. The quantitative estimate of drug-likeness (QED) is 0.901. The van der Waals surface area contributed by atoms with Crippen LogP contribution in [0, 0.1) is 6.92 Å². The van der Waals surface area contributed by atoms with E-state index >= 15 is 0 Å². The monoisotopic (exact) mass is 247 g/mol. The Bertz CT molecular complexity index is 576. The minimum atomic E-state index is 0.497. The summed E-state index contributed by atoms with van der Waals surface area (Å²) >= 11 is 0. The van der Waals surface area contributed by atoms with Crippen LogP contribution in [0.3, 0.4) is 0 Å². The van der Waals surface area contributed by atoms with E-state index in [2.05, 4.69) is 4.98 Å². The van der Waals surface area contributed by atoms with Crippen molar-refractivity contribution < 1.29 is 9.47 Å². The molecule has 0 fully saturated rings. The van der Waals surface area contributed by atoms with Gasteiger partial charge in [0.2, 0.25) is 5.95 Å². The lowest BCUT2D eigenvalue weighted by Gasteiger charge is -2.09. The first kappa shape index (κ1) is 12.3. The number of anilines is 1. The molecular formula is C13H17N3O2. The maximum atomic E-state index is 5.80. The number of nitrogens with zero attached hydrogens (tertiary/aromatic N) is 2. The van der Waals surface area contributed by atoms with Crippen LogP contribution in [0.25, 0.3) is 11.3 Å². The van der Waals surface area contributed by atoms with Gasteiger partial charge in [0.05, 0.1) is 19.9 Å². The van der Waals surface area contributed by atoms with Gasteiger partial charge in [0.15, 0.2) is 11.5 Å². The maximum absolute atomic E-state index is 5.80. The number of methoxy groups -OCH3 is 2. The number of imidazole rings is 1. The summed E-state index contributed by atoms with van der Waals surface area (Å²) < 4.78 is 12.3. The molecule has 0 saturated carbocycles. The van der Waals surface area contributed by atoms with Crippen LogP contribution in [-0.2, 0) is 7.05 Å². The first-order valence-corrected chi connectivity index (χ1v) is 5.59. The second kappa shape index (κ2) is 4.60. The molecule has 0 aliphatic rings. The molecule has 0 atom stereocenters. The Morgan fingerprint density at radius 3 is 2.33 bits per heavy atom. The predicted octanol–water partition coefficient (Wildman–Crippen LogP) is 1.99. The highest BCUT2D eigenvalue weighted by molar-refractivity contribution is 5.67. The Kier molecular flexibility index (Phi) is 3.14. The van der Waals surface area contributed by atoms with Crippen LogP contribution in [-0.4, -0.2) is 23.8 Å². The fraction of sp³-hybridized carbons (Fsp3) is 0.308. The highest BCUT2D eigenvalue weighted by atomic mass is 16.5. The molecular weight excluding hydrogens is 230 g/mol. The summed E-state index contributed by atoms with van der Waals surface area (Å²) in [5.41, 5.74) is 8.63. The van der Waals surface area contributed by atoms with E-state index < -0.39 is 0 Å². The number of hydrogen-bond donors (Lipinski definition) is 1. The Balaban J connectivity index is 2.54. The van der Waals surface area contributed by atoms with Gasteiger partial charge in [-0.1, -0.05) is 0 Å². The smallest absolute Gasteiger partial charge is 0.200 e. The van der Waals surface area contributed by atoms with Gasteiger partial charge in [-0.2, -0.15) is 0 Å². The molecule has 1 heterocycles. The van der Waals surface area contributed by atoms with E-state index in [1.54, 1.807) is 14.2 Å². The van der Waals surface area contributed by atoms with E-state index in [4.69, 9.17) is 15.2 Å². The Labute approximate surface area is 106 Å². The highest BCUT2D eigenvalue weighted by Crippen LogP contribution is 2.33. The molecule has 2 N–H and O–H groups in total. The Hall–Kier alpha value is -2.17. The molecule has 96 valence electrons. The number of hydrogen-bond acceptors (Lipinski definition) is 4. The van der Waals surface area contributed by atoms with Crippen molar-refractivity contribution in [2.45, 2.75) is 6.92 Å². The molecule has 2 aromatic rings. The van der Waals surface area contributed by atoms with E-state index in [0.29, 0.717) is 17.4 Å². The van der Waals surface area contributed by atoms with Crippen LogP contribution in [0.5, 0.6) is 11.5 Å². The summed E-state index contributed by atoms with van der Waals surface area (Å²) in [5.74, 6) is 1.87. The highest BCUT2D eigenvalue weighted by Gasteiger charge is 2.13. The predicted molar refractivity (Wildman–Crippen MR) is 70.9 cm³/mol. The number of nitrogen functional groups attached to an aromatic ring is 1. The van der Waals surface area contributed by atoms with Gasteiger partial charge in [-0.05, 0) is 25.1 Å². The molecule has 1 aromatic heterocycles. The SMILES string of the molecule is COc1ccc(-c2nc(N)n(C)c2C)cc1OC. The Morgan fingerprint density at radius 1 is 1.17 bits per heavy atom. The van der Waals surface area contributed by atoms with E-state index in [0.717, 1.165) is 17.0 Å². The largest absolute Gasteiger partial charge is 0.493 e. The van der Waals surface area contributed by atoms with E-state index in [-0.39, 0.29) is 0 Å². The van der Waals surface area contributed by atoms with Gasteiger partial charge in [-0.25, -0.2) is 4.98 Å². The summed E-state index contributed by atoms with van der Waals surface area (Å²) in [6.07, 6.45) is 0. The van der Waals surface area contributed by atoms with Gasteiger partial charge < -0.3 is 19.8 Å². The topological polar surface area (TPSA) is 62.3 Å². The molecule has 0 saturated heterocycles. The first-order valence-electron chi connectivity index (χ1n) is 5.59. The Morgan fingerprint density at radius 2 is 1.83 bits per heavy atom. The number of aromatic nitrogens is 2. The van der Waals surface area contributed by atoms with Crippen molar-refractivity contribution in [2.24, 2.45) is 7.05 Å². The minimum Gasteiger partial charge on any atom is -0.493 e. The zero-order valence-corrected chi connectivity index (χ0v) is 11.0. The van der Waals surface area contributed by atoms with Crippen molar-refractivity contribution >= 4 is 5.95 Å².